The Morgan fingerprint density at radius 1 is 1.26 bits per heavy atom. The number of ketones is 1. The van der Waals surface area contributed by atoms with Crippen molar-refractivity contribution in [3.8, 4) is 5.75 Å². The number of nitrogens with two attached hydrogens (primary N) is 2. The van der Waals surface area contributed by atoms with Crippen molar-refractivity contribution in [2.75, 3.05) is 18.1 Å². The SMILES string of the molecule is CCSCCOc1cccc(C(=O)C(=CN)C(N)=Nc2ccc(F)cc2)c1. The Kier molecular flexibility index (Phi) is 7.88. The van der Waals surface area contributed by atoms with Crippen molar-refractivity contribution in [3.63, 3.8) is 0 Å². The van der Waals surface area contributed by atoms with E-state index in [1.54, 1.807) is 36.0 Å². The summed E-state index contributed by atoms with van der Waals surface area (Å²) in [5.74, 6) is 1.71. The molecule has 7 heteroatoms. The molecule has 0 fully saturated rings. The van der Waals surface area contributed by atoms with Crippen LogP contribution in [0.3, 0.4) is 0 Å². The van der Waals surface area contributed by atoms with Crippen LogP contribution in [0.15, 0.2) is 65.3 Å². The van der Waals surface area contributed by atoms with Crippen LogP contribution < -0.4 is 16.2 Å². The number of amidine groups is 1. The Morgan fingerprint density at radius 3 is 2.67 bits per heavy atom. The number of benzene rings is 2. The largest absolute Gasteiger partial charge is 0.493 e. The van der Waals surface area contributed by atoms with Gasteiger partial charge in [-0.25, -0.2) is 9.38 Å². The molecule has 0 amide bonds. The fourth-order valence-electron chi connectivity index (χ4n) is 2.24. The van der Waals surface area contributed by atoms with E-state index in [-0.39, 0.29) is 23.0 Å². The van der Waals surface area contributed by atoms with Crippen LogP contribution in [0.25, 0.3) is 0 Å². The smallest absolute Gasteiger partial charge is 0.198 e. The molecule has 0 aliphatic heterocycles. The Labute approximate surface area is 162 Å². The molecule has 0 atom stereocenters. The van der Waals surface area contributed by atoms with E-state index in [0.29, 0.717) is 23.6 Å². The van der Waals surface area contributed by atoms with Gasteiger partial charge in [0, 0.05) is 17.5 Å². The lowest BCUT2D eigenvalue weighted by atomic mass is 10.0. The molecule has 0 saturated carbocycles. The molecule has 0 saturated heterocycles. The van der Waals surface area contributed by atoms with Gasteiger partial charge in [-0.1, -0.05) is 19.1 Å². The number of hydrogen-bond donors (Lipinski definition) is 2. The summed E-state index contributed by atoms with van der Waals surface area (Å²) in [5, 5.41) is 0. The van der Waals surface area contributed by atoms with E-state index >= 15 is 0 Å². The fraction of sp³-hybridized carbons (Fsp3) is 0.200. The monoisotopic (exact) mass is 387 g/mol. The van der Waals surface area contributed by atoms with Gasteiger partial charge < -0.3 is 16.2 Å². The maximum atomic E-state index is 13.0. The minimum Gasteiger partial charge on any atom is -0.493 e. The van der Waals surface area contributed by atoms with Gasteiger partial charge in [-0.05, 0) is 42.2 Å². The highest BCUT2D eigenvalue weighted by Crippen LogP contribution is 2.18. The second kappa shape index (κ2) is 10.4. The zero-order chi connectivity index (χ0) is 19.6. The van der Waals surface area contributed by atoms with Crippen LogP contribution in [-0.2, 0) is 0 Å². The van der Waals surface area contributed by atoms with Gasteiger partial charge >= 0.3 is 0 Å². The molecule has 0 aliphatic carbocycles. The number of carbonyl (C=O) groups is 1. The van der Waals surface area contributed by atoms with Crippen molar-refractivity contribution in [1.29, 1.82) is 0 Å². The third-order valence-electron chi connectivity index (χ3n) is 3.56. The first-order valence-corrected chi connectivity index (χ1v) is 9.58. The lowest BCUT2D eigenvalue weighted by Crippen LogP contribution is -2.22. The van der Waals surface area contributed by atoms with Crippen LogP contribution >= 0.6 is 11.8 Å². The van der Waals surface area contributed by atoms with E-state index in [1.165, 1.54) is 24.3 Å². The van der Waals surface area contributed by atoms with E-state index in [9.17, 15) is 9.18 Å². The second-order valence-electron chi connectivity index (χ2n) is 5.46. The number of nitrogens with zero attached hydrogens (tertiary/aromatic N) is 1. The molecule has 2 aromatic rings. The number of Topliss-reactive ketones (excluding diaryl/α,β-unsaturated/α-hetero) is 1. The van der Waals surface area contributed by atoms with E-state index in [1.807, 2.05) is 0 Å². The minimum atomic E-state index is -0.382. The molecule has 0 heterocycles. The molecule has 0 aromatic heterocycles. The Hall–Kier alpha value is -2.80. The predicted octanol–water partition coefficient (Wildman–Crippen LogP) is 3.67. The highest BCUT2D eigenvalue weighted by Gasteiger charge is 2.16. The molecule has 0 aliphatic rings. The van der Waals surface area contributed by atoms with E-state index < -0.39 is 0 Å². The first-order chi connectivity index (χ1) is 13.0. The minimum absolute atomic E-state index is 0.0419. The number of ether oxygens (including phenoxy) is 1. The number of carbonyl (C=O) groups excluding carboxylic acids is 1. The van der Waals surface area contributed by atoms with Crippen molar-refractivity contribution in [2.24, 2.45) is 16.5 Å². The van der Waals surface area contributed by atoms with Crippen molar-refractivity contribution >= 4 is 29.1 Å². The summed E-state index contributed by atoms with van der Waals surface area (Å²) in [4.78, 5) is 16.9. The van der Waals surface area contributed by atoms with Crippen LogP contribution in [0.1, 0.15) is 17.3 Å². The molecule has 5 nitrogen and oxygen atoms in total. The number of hydrogen-bond acceptors (Lipinski definition) is 5. The normalized spacial score (nSPS) is 12.1. The first kappa shape index (κ1) is 20.5. The van der Waals surface area contributed by atoms with Gasteiger partial charge in [0.05, 0.1) is 17.9 Å². The third-order valence-corrected chi connectivity index (χ3v) is 4.42. The molecule has 2 aromatic carbocycles. The van der Waals surface area contributed by atoms with Gasteiger partial charge in [0.25, 0.3) is 0 Å². The fourth-order valence-corrected chi connectivity index (χ4v) is 2.73. The zero-order valence-corrected chi connectivity index (χ0v) is 15.8. The molecule has 4 N–H and O–H groups in total. The number of rotatable bonds is 9. The van der Waals surface area contributed by atoms with E-state index in [2.05, 4.69) is 11.9 Å². The van der Waals surface area contributed by atoms with Crippen molar-refractivity contribution < 1.29 is 13.9 Å². The van der Waals surface area contributed by atoms with E-state index in [0.717, 1.165) is 17.7 Å². The number of halogens is 1. The summed E-state index contributed by atoms with van der Waals surface area (Å²) < 4.78 is 18.6. The highest BCUT2D eigenvalue weighted by molar-refractivity contribution is 7.99. The van der Waals surface area contributed by atoms with Crippen LogP contribution in [0, 0.1) is 5.82 Å². The zero-order valence-electron chi connectivity index (χ0n) is 15.0. The van der Waals surface area contributed by atoms with Crippen LogP contribution in [0.5, 0.6) is 5.75 Å². The van der Waals surface area contributed by atoms with Gasteiger partial charge in [-0.3, -0.25) is 4.79 Å². The summed E-state index contributed by atoms with van der Waals surface area (Å²) in [5.41, 5.74) is 12.4. The standard InChI is InChI=1S/C20H22FN3O2S/c1-2-27-11-10-26-17-5-3-4-14(12-17)19(25)18(13-22)20(23)24-16-8-6-15(21)7-9-16/h3-9,12-13H,2,10-11,22H2,1H3,(H2,23,24). The molecule has 0 radical (unpaired) electrons. The molecular formula is C20H22FN3O2S. The van der Waals surface area contributed by atoms with E-state index in [4.69, 9.17) is 16.2 Å². The Bertz CT molecular complexity index is 835. The maximum Gasteiger partial charge on any atom is 0.198 e. The lowest BCUT2D eigenvalue weighted by Gasteiger charge is -2.09. The lowest BCUT2D eigenvalue weighted by molar-refractivity contribution is 0.103. The van der Waals surface area contributed by atoms with Gasteiger partial charge in [0.2, 0.25) is 0 Å². The van der Waals surface area contributed by atoms with Crippen LogP contribution in [0.4, 0.5) is 10.1 Å². The summed E-state index contributed by atoms with van der Waals surface area (Å²) in [6.45, 7) is 2.65. The van der Waals surface area contributed by atoms with Gasteiger partial charge in [-0.15, -0.1) is 0 Å². The Morgan fingerprint density at radius 2 is 2.00 bits per heavy atom. The predicted molar refractivity (Wildman–Crippen MR) is 109 cm³/mol. The Balaban J connectivity index is 2.15. The molecule has 0 bridgehead atoms. The van der Waals surface area contributed by atoms with Crippen molar-refractivity contribution in [1.82, 2.24) is 0 Å². The third kappa shape index (κ3) is 6.14. The molecule has 27 heavy (non-hydrogen) atoms. The maximum absolute atomic E-state index is 13.0. The summed E-state index contributed by atoms with van der Waals surface area (Å²) in [6, 6.07) is 12.3. The molecule has 0 spiro atoms. The van der Waals surface area contributed by atoms with Crippen LogP contribution in [-0.4, -0.2) is 29.7 Å². The first-order valence-electron chi connectivity index (χ1n) is 8.42. The second-order valence-corrected chi connectivity index (χ2v) is 6.85. The van der Waals surface area contributed by atoms with Gasteiger partial charge in [0.15, 0.2) is 5.78 Å². The quantitative estimate of drug-likeness (QED) is 0.225. The number of thioether (sulfide) groups is 1. The highest BCUT2D eigenvalue weighted by atomic mass is 32.2. The molecule has 0 unspecified atom stereocenters. The number of aliphatic imine (C=N–C) groups is 1. The average Bonchev–Trinajstić information content (AvgIpc) is 2.68. The van der Waals surface area contributed by atoms with Crippen LogP contribution in [0.2, 0.25) is 0 Å². The topological polar surface area (TPSA) is 90.7 Å². The van der Waals surface area contributed by atoms with Gasteiger partial charge in [-0.2, -0.15) is 11.8 Å². The molecule has 2 rings (SSSR count). The van der Waals surface area contributed by atoms with Crippen molar-refractivity contribution in [2.45, 2.75) is 6.92 Å². The summed E-state index contributed by atoms with van der Waals surface area (Å²) >= 11 is 1.78. The summed E-state index contributed by atoms with van der Waals surface area (Å²) in [6.07, 6.45) is 1.12. The summed E-state index contributed by atoms with van der Waals surface area (Å²) in [7, 11) is 0. The van der Waals surface area contributed by atoms with Crippen molar-refractivity contribution in [3.05, 3.63) is 71.7 Å². The van der Waals surface area contributed by atoms with Gasteiger partial charge in [0.1, 0.15) is 17.4 Å². The molecular weight excluding hydrogens is 365 g/mol. The average molecular weight is 387 g/mol. The molecule has 142 valence electrons.